The van der Waals surface area contributed by atoms with Crippen LogP contribution in [0, 0.1) is 0 Å². The number of anilines is 1. The molecule has 1 amide bonds. The van der Waals surface area contributed by atoms with E-state index in [0.717, 1.165) is 4.90 Å². The Balaban J connectivity index is 2.05. The Morgan fingerprint density at radius 3 is 3.00 bits per heavy atom. The molecule has 0 radical (unpaired) electrons. The maximum absolute atomic E-state index is 12.2. The molecule has 1 unspecified atom stereocenters. The molecule has 1 saturated heterocycles. The van der Waals surface area contributed by atoms with E-state index in [2.05, 4.69) is 9.97 Å². The van der Waals surface area contributed by atoms with Gasteiger partial charge in [-0.05, 0) is 12.5 Å². The first-order valence-corrected chi connectivity index (χ1v) is 5.23. The Kier molecular flexibility index (Phi) is 3.16. The maximum atomic E-state index is 12.2. The fourth-order valence-electron chi connectivity index (χ4n) is 1.96. The number of amides is 1. The predicted molar refractivity (Wildman–Crippen MR) is 56.4 cm³/mol. The molecule has 0 aliphatic carbocycles. The van der Waals surface area contributed by atoms with Crippen molar-refractivity contribution in [1.29, 1.82) is 0 Å². The van der Waals surface area contributed by atoms with Gasteiger partial charge < -0.3 is 10.6 Å². The zero-order chi connectivity index (χ0) is 12.4. The van der Waals surface area contributed by atoms with E-state index in [1.54, 1.807) is 6.07 Å². The number of alkyl halides is 2. The highest BCUT2D eigenvalue weighted by Gasteiger charge is 2.32. The largest absolute Gasteiger partial charge is 0.368 e. The van der Waals surface area contributed by atoms with E-state index in [-0.39, 0.29) is 18.4 Å². The SMILES string of the molecule is Nc1nccc(C2CCN(C(=O)C(F)F)C2)n1. The number of carbonyl (C=O) groups is 1. The number of hydrogen-bond acceptors (Lipinski definition) is 4. The molecule has 0 aromatic carbocycles. The van der Waals surface area contributed by atoms with Crippen LogP contribution in [-0.2, 0) is 4.79 Å². The molecule has 0 saturated carbocycles. The molecular weight excluding hydrogens is 230 g/mol. The molecule has 2 heterocycles. The van der Waals surface area contributed by atoms with Crippen molar-refractivity contribution >= 4 is 11.9 Å². The first kappa shape index (κ1) is 11.7. The second kappa shape index (κ2) is 4.60. The molecule has 1 atom stereocenters. The molecular formula is C10H12F2N4O. The summed E-state index contributed by atoms with van der Waals surface area (Å²) in [6, 6.07) is 1.69. The lowest BCUT2D eigenvalue weighted by Gasteiger charge is -2.15. The molecule has 92 valence electrons. The summed E-state index contributed by atoms with van der Waals surface area (Å²) in [5, 5.41) is 0. The highest BCUT2D eigenvalue weighted by Crippen LogP contribution is 2.26. The third-order valence-electron chi connectivity index (χ3n) is 2.80. The second-order valence-corrected chi connectivity index (χ2v) is 3.91. The van der Waals surface area contributed by atoms with E-state index < -0.39 is 12.3 Å². The fourth-order valence-corrected chi connectivity index (χ4v) is 1.96. The molecule has 7 heteroatoms. The smallest absolute Gasteiger partial charge is 0.315 e. The van der Waals surface area contributed by atoms with Crippen molar-refractivity contribution in [2.45, 2.75) is 18.8 Å². The molecule has 0 spiro atoms. The second-order valence-electron chi connectivity index (χ2n) is 3.91. The third kappa shape index (κ3) is 2.48. The van der Waals surface area contributed by atoms with Crippen LogP contribution in [0.1, 0.15) is 18.0 Å². The van der Waals surface area contributed by atoms with Gasteiger partial charge in [0, 0.05) is 25.2 Å². The van der Waals surface area contributed by atoms with Gasteiger partial charge in [0.25, 0.3) is 5.91 Å². The lowest BCUT2D eigenvalue weighted by atomic mass is 10.1. The number of nitrogen functional groups attached to an aromatic ring is 1. The minimum atomic E-state index is -2.94. The monoisotopic (exact) mass is 242 g/mol. The van der Waals surface area contributed by atoms with Crippen molar-refractivity contribution in [2.75, 3.05) is 18.8 Å². The van der Waals surface area contributed by atoms with Crippen LogP contribution in [0.25, 0.3) is 0 Å². The Morgan fingerprint density at radius 2 is 2.35 bits per heavy atom. The van der Waals surface area contributed by atoms with Crippen molar-refractivity contribution in [2.24, 2.45) is 0 Å². The van der Waals surface area contributed by atoms with E-state index in [1.807, 2.05) is 0 Å². The van der Waals surface area contributed by atoms with Crippen molar-refractivity contribution in [3.05, 3.63) is 18.0 Å². The van der Waals surface area contributed by atoms with Gasteiger partial charge in [0.05, 0.1) is 5.69 Å². The Bertz CT molecular complexity index is 427. The molecule has 1 fully saturated rings. The lowest BCUT2D eigenvalue weighted by molar-refractivity contribution is -0.141. The fraction of sp³-hybridized carbons (Fsp3) is 0.500. The van der Waals surface area contributed by atoms with Gasteiger partial charge in [0.1, 0.15) is 0 Å². The summed E-state index contributed by atoms with van der Waals surface area (Å²) in [4.78, 5) is 20.1. The number of hydrogen-bond donors (Lipinski definition) is 1. The third-order valence-corrected chi connectivity index (χ3v) is 2.80. The Hall–Kier alpha value is -1.79. The molecule has 1 aromatic heterocycles. The number of carbonyl (C=O) groups excluding carboxylic acids is 1. The molecule has 2 rings (SSSR count). The van der Waals surface area contributed by atoms with Crippen molar-refractivity contribution in [3.8, 4) is 0 Å². The Morgan fingerprint density at radius 1 is 1.59 bits per heavy atom. The zero-order valence-corrected chi connectivity index (χ0v) is 9.01. The molecule has 2 N–H and O–H groups in total. The standard InChI is InChI=1S/C10H12F2N4O/c11-8(12)9(17)16-4-2-6(5-16)7-1-3-14-10(13)15-7/h1,3,6,8H,2,4-5H2,(H2,13,14,15). The lowest BCUT2D eigenvalue weighted by Crippen LogP contribution is -2.33. The van der Waals surface area contributed by atoms with Gasteiger partial charge in [0.2, 0.25) is 5.95 Å². The first-order valence-electron chi connectivity index (χ1n) is 5.23. The average molecular weight is 242 g/mol. The summed E-state index contributed by atoms with van der Waals surface area (Å²) in [6.45, 7) is 0.595. The summed E-state index contributed by atoms with van der Waals surface area (Å²) in [5.41, 5.74) is 6.14. The van der Waals surface area contributed by atoms with Crippen LogP contribution in [0.3, 0.4) is 0 Å². The van der Waals surface area contributed by atoms with E-state index >= 15 is 0 Å². The van der Waals surface area contributed by atoms with Crippen LogP contribution in [-0.4, -0.2) is 40.3 Å². The number of nitrogens with two attached hydrogens (primary N) is 1. The maximum Gasteiger partial charge on any atom is 0.315 e. The van der Waals surface area contributed by atoms with E-state index in [1.165, 1.54) is 6.20 Å². The van der Waals surface area contributed by atoms with E-state index in [9.17, 15) is 13.6 Å². The normalized spacial score (nSPS) is 19.9. The summed E-state index contributed by atoms with van der Waals surface area (Å²) < 4.78 is 24.5. The predicted octanol–water partition coefficient (Wildman–Crippen LogP) is 0.640. The van der Waals surface area contributed by atoms with Crippen LogP contribution in [0.4, 0.5) is 14.7 Å². The van der Waals surface area contributed by atoms with Crippen LogP contribution in [0.2, 0.25) is 0 Å². The van der Waals surface area contributed by atoms with Gasteiger partial charge >= 0.3 is 6.43 Å². The van der Waals surface area contributed by atoms with Crippen molar-refractivity contribution < 1.29 is 13.6 Å². The van der Waals surface area contributed by atoms with Crippen LogP contribution in [0.15, 0.2) is 12.3 Å². The summed E-state index contributed by atoms with van der Waals surface area (Å²) >= 11 is 0. The molecule has 1 aliphatic heterocycles. The van der Waals surface area contributed by atoms with Gasteiger partial charge in [-0.3, -0.25) is 4.79 Å². The summed E-state index contributed by atoms with van der Waals surface area (Å²) in [6.07, 6.45) is -0.798. The number of rotatable bonds is 2. The molecule has 17 heavy (non-hydrogen) atoms. The minimum absolute atomic E-state index is 0.0389. The minimum Gasteiger partial charge on any atom is -0.368 e. The van der Waals surface area contributed by atoms with Gasteiger partial charge in [-0.25, -0.2) is 9.97 Å². The Labute approximate surface area is 96.6 Å². The number of nitrogens with zero attached hydrogens (tertiary/aromatic N) is 3. The van der Waals surface area contributed by atoms with Crippen LogP contribution < -0.4 is 5.73 Å². The number of halogens is 2. The number of likely N-dealkylation sites (tertiary alicyclic amines) is 1. The van der Waals surface area contributed by atoms with Gasteiger partial charge in [-0.1, -0.05) is 0 Å². The van der Waals surface area contributed by atoms with Crippen molar-refractivity contribution in [1.82, 2.24) is 14.9 Å². The van der Waals surface area contributed by atoms with Gasteiger partial charge in [-0.2, -0.15) is 8.78 Å². The van der Waals surface area contributed by atoms with Crippen molar-refractivity contribution in [3.63, 3.8) is 0 Å². The average Bonchev–Trinajstić information content (AvgIpc) is 2.77. The van der Waals surface area contributed by atoms with Crippen LogP contribution >= 0.6 is 0 Å². The van der Waals surface area contributed by atoms with Gasteiger partial charge in [-0.15, -0.1) is 0 Å². The zero-order valence-electron chi connectivity index (χ0n) is 9.01. The number of aromatic nitrogens is 2. The molecule has 1 aliphatic rings. The topological polar surface area (TPSA) is 72.1 Å². The highest BCUT2D eigenvalue weighted by molar-refractivity contribution is 5.79. The van der Waals surface area contributed by atoms with E-state index in [0.29, 0.717) is 18.7 Å². The quantitative estimate of drug-likeness (QED) is 0.826. The molecule has 0 bridgehead atoms. The van der Waals surface area contributed by atoms with Gasteiger partial charge in [0.15, 0.2) is 0 Å². The van der Waals surface area contributed by atoms with Crippen LogP contribution in [0.5, 0.6) is 0 Å². The molecule has 1 aromatic rings. The summed E-state index contributed by atoms with van der Waals surface area (Å²) in [7, 11) is 0. The molecule has 5 nitrogen and oxygen atoms in total. The first-order chi connectivity index (χ1) is 8.08. The van der Waals surface area contributed by atoms with E-state index in [4.69, 9.17) is 5.73 Å². The summed E-state index contributed by atoms with van der Waals surface area (Å²) in [5.74, 6) is -1.00. The highest BCUT2D eigenvalue weighted by atomic mass is 19.3.